The lowest BCUT2D eigenvalue weighted by atomic mass is 9.93. The molecule has 2 heterocycles. The van der Waals surface area contributed by atoms with Crippen LogP contribution < -0.4 is 15.4 Å². The minimum Gasteiger partial charge on any atom is -0.438 e. The second-order valence-corrected chi connectivity index (χ2v) is 8.06. The lowest BCUT2D eigenvalue weighted by molar-refractivity contribution is 0.331. The molecule has 0 aliphatic heterocycles. The second kappa shape index (κ2) is 7.95. The first-order valence-corrected chi connectivity index (χ1v) is 9.71. The molecule has 0 fully saturated rings. The zero-order chi connectivity index (χ0) is 22.0. The average molecular weight is 414 g/mol. The Morgan fingerprint density at radius 2 is 2.00 bits per heavy atom. The standard InChI is InChI=1S/C23H22N6O2/c1-14-7-5-10-17-20(14)21(26-13-25-17)30-16-9-6-8-15(11-16)27-22(24)28-19-12-18(31-29-19)23(2,3)4/h6,8-13H,1-4H3,(H3,24,27,28,29). The normalized spacial score (nSPS) is 12.2. The highest BCUT2D eigenvalue weighted by Crippen LogP contribution is 2.32. The first-order chi connectivity index (χ1) is 14.8. The number of rotatable bonds is 4. The summed E-state index contributed by atoms with van der Waals surface area (Å²) < 4.78 is 11.3. The number of allylic oxidation sites excluding steroid dienone is 1. The topological polar surface area (TPSA) is 109 Å². The second-order valence-electron chi connectivity index (χ2n) is 8.06. The average Bonchev–Trinajstić information content (AvgIpc) is 3.17. The van der Waals surface area contributed by atoms with Gasteiger partial charge in [-0.15, -0.1) is 0 Å². The van der Waals surface area contributed by atoms with E-state index in [1.807, 2.05) is 45.9 Å². The number of fused-ring (bicyclic) bond motifs is 1. The summed E-state index contributed by atoms with van der Waals surface area (Å²) in [6.07, 6.45) is 3.20. The third-order valence-corrected chi connectivity index (χ3v) is 4.51. The number of hydrogen-bond donors (Lipinski definition) is 3. The van der Waals surface area contributed by atoms with Crippen molar-refractivity contribution in [3.05, 3.63) is 65.1 Å². The first-order valence-electron chi connectivity index (χ1n) is 9.71. The largest absolute Gasteiger partial charge is 0.438 e. The minimum atomic E-state index is -0.159. The Hall–Kier alpha value is -4.12. The molecule has 8 heteroatoms. The summed E-state index contributed by atoms with van der Waals surface area (Å²) in [5.74, 6) is 2.27. The molecule has 0 amide bonds. The van der Waals surface area contributed by atoms with Crippen molar-refractivity contribution in [3.8, 4) is 11.6 Å². The maximum atomic E-state index is 8.18. The number of benzene rings is 1. The van der Waals surface area contributed by atoms with Gasteiger partial charge in [0.05, 0.1) is 11.3 Å². The van der Waals surface area contributed by atoms with Gasteiger partial charge in [-0.25, -0.2) is 9.97 Å². The van der Waals surface area contributed by atoms with E-state index in [2.05, 4.69) is 37.2 Å². The summed E-state index contributed by atoms with van der Waals surface area (Å²) in [7, 11) is 0. The molecule has 3 N–H and O–H groups in total. The number of anilines is 2. The fourth-order valence-corrected chi connectivity index (χ4v) is 2.94. The van der Waals surface area contributed by atoms with Crippen molar-refractivity contribution >= 4 is 29.1 Å². The number of ether oxygens (including phenoxy) is 1. The predicted octanol–water partition coefficient (Wildman–Crippen LogP) is 5.20. The van der Waals surface area contributed by atoms with Crippen LogP contribution >= 0.6 is 0 Å². The maximum Gasteiger partial charge on any atom is 0.231 e. The zero-order valence-electron chi connectivity index (χ0n) is 17.7. The van der Waals surface area contributed by atoms with E-state index < -0.39 is 0 Å². The van der Waals surface area contributed by atoms with Crippen LogP contribution in [0, 0.1) is 5.41 Å². The highest BCUT2D eigenvalue weighted by molar-refractivity contribution is 6.01. The molecule has 156 valence electrons. The van der Waals surface area contributed by atoms with Gasteiger partial charge in [-0.3, -0.25) is 5.41 Å². The molecule has 1 aliphatic carbocycles. The van der Waals surface area contributed by atoms with Crippen LogP contribution in [-0.2, 0) is 5.41 Å². The Morgan fingerprint density at radius 3 is 2.77 bits per heavy atom. The molecule has 0 spiro atoms. The number of nitrogens with zero attached hydrogens (tertiary/aromatic N) is 3. The van der Waals surface area contributed by atoms with E-state index in [0.29, 0.717) is 23.1 Å². The molecule has 2 aromatic heterocycles. The van der Waals surface area contributed by atoms with Gasteiger partial charge in [-0.05, 0) is 19.1 Å². The summed E-state index contributed by atoms with van der Waals surface area (Å²) in [6, 6.07) is 9.04. The van der Waals surface area contributed by atoms with Crippen molar-refractivity contribution < 1.29 is 9.26 Å². The maximum absolute atomic E-state index is 8.18. The van der Waals surface area contributed by atoms with Crippen LogP contribution in [-0.4, -0.2) is 21.1 Å². The van der Waals surface area contributed by atoms with Gasteiger partial charge >= 0.3 is 0 Å². The van der Waals surface area contributed by atoms with E-state index >= 15 is 0 Å². The van der Waals surface area contributed by atoms with Crippen LogP contribution in [0.4, 0.5) is 11.5 Å². The molecule has 0 saturated carbocycles. The Bertz CT molecular complexity index is 1260. The Labute approximate surface area is 179 Å². The summed E-state index contributed by atoms with van der Waals surface area (Å²) in [4.78, 5) is 8.52. The van der Waals surface area contributed by atoms with Crippen LogP contribution in [0.3, 0.4) is 0 Å². The van der Waals surface area contributed by atoms with Crippen molar-refractivity contribution in [3.63, 3.8) is 0 Å². The summed E-state index contributed by atoms with van der Waals surface area (Å²) in [6.45, 7) is 8.01. The molecule has 31 heavy (non-hydrogen) atoms. The number of aromatic nitrogens is 3. The van der Waals surface area contributed by atoms with E-state index in [0.717, 1.165) is 22.6 Å². The van der Waals surface area contributed by atoms with Gasteiger partial charge in [0, 0.05) is 34.9 Å². The number of guanidine groups is 1. The van der Waals surface area contributed by atoms with Gasteiger partial charge in [0.15, 0.2) is 11.8 Å². The summed E-state index contributed by atoms with van der Waals surface area (Å²) >= 11 is 0. The zero-order valence-corrected chi connectivity index (χ0v) is 17.7. The lowest BCUT2D eigenvalue weighted by Gasteiger charge is -2.13. The third-order valence-electron chi connectivity index (χ3n) is 4.51. The molecule has 0 unspecified atom stereocenters. The summed E-state index contributed by atoms with van der Waals surface area (Å²) in [5.41, 5.74) is 8.85. The molecule has 4 rings (SSSR count). The minimum absolute atomic E-state index is 0.0550. The van der Waals surface area contributed by atoms with Crippen LogP contribution in [0.15, 0.2) is 52.6 Å². The highest BCUT2D eigenvalue weighted by Gasteiger charge is 2.20. The van der Waals surface area contributed by atoms with E-state index in [9.17, 15) is 0 Å². The van der Waals surface area contributed by atoms with Crippen LogP contribution in [0.5, 0.6) is 11.6 Å². The van der Waals surface area contributed by atoms with Crippen LogP contribution in [0.2, 0.25) is 0 Å². The molecule has 8 nitrogen and oxygen atoms in total. The highest BCUT2D eigenvalue weighted by atomic mass is 16.5. The molecule has 1 aliphatic rings. The van der Waals surface area contributed by atoms with E-state index in [1.54, 1.807) is 18.2 Å². The third kappa shape index (κ3) is 4.56. The van der Waals surface area contributed by atoms with Crippen molar-refractivity contribution in [1.29, 1.82) is 5.41 Å². The van der Waals surface area contributed by atoms with Crippen LogP contribution in [0.1, 0.15) is 44.7 Å². The molecule has 0 saturated heterocycles. The molecule has 0 bridgehead atoms. The van der Waals surface area contributed by atoms with Gasteiger partial charge in [0.2, 0.25) is 5.88 Å². The predicted molar refractivity (Wildman–Crippen MR) is 119 cm³/mol. The fraction of sp³-hybridized carbons (Fsp3) is 0.217. The van der Waals surface area contributed by atoms with Gasteiger partial charge < -0.3 is 19.9 Å². The van der Waals surface area contributed by atoms with Crippen molar-refractivity contribution in [2.75, 3.05) is 10.6 Å². The van der Waals surface area contributed by atoms with Gasteiger partial charge in [-0.1, -0.05) is 43.5 Å². The van der Waals surface area contributed by atoms with E-state index in [4.69, 9.17) is 14.7 Å². The Morgan fingerprint density at radius 1 is 1.16 bits per heavy atom. The van der Waals surface area contributed by atoms with Crippen molar-refractivity contribution in [2.24, 2.45) is 0 Å². The molecule has 0 radical (unpaired) electrons. The quantitative estimate of drug-likeness (QED) is 0.306. The summed E-state index contributed by atoms with van der Waals surface area (Å²) in [5, 5.41) is 18.0. The SMILES string of the molecule is CC1=C=C=Cc2ncnc(Oc3cccc(NC(=N)Nc4cc(C(C)(C)C)on4)c3)c21. The van der Waals surface area contributed by atoms with E-state index in [1.165, 1.54) is 6.33 Å². The van der Waals surface area contributed by atoms with Gasteiger partial charge in [0.1, 0.15) is 17.8 Å². The molecular formula is C23H22N6O2. The van der Waals surface area contributed by atoms with Crippen molar-refractivity contribution in [2.45, 2.75) is 33.1 Å². The van der Waals surface area contributed by atoms with Crippen LogP contribution in [0.25, 0.3) is 11.6 Å². The molecule has 1 aromatic carbocycles. The van der Waals surface area contributed by atoms with E-state index in [-0.39, 0.29) is 11.4 Å². The Balaban J connectivity index is 1.46. The monoisotopic (exact) mass is 414 g/mol. The smallest absolute Gasteiger partial charge is 0.231 e. The number of hydrogen-bond acceptors (Lipinski definition) is 6. The lowest BCUT2D eigenvalue weighted by Crippen LogP contribution is -2.20. The van der Waals surface area contributed by atoms with Gasteiger partial charge in [0.25, 0.3) is 0 Å². The number of nitrogens with one attached hydrogen (secondary N) is 3. The molecular weight excluding hydrogens is 392 g/mol. The van der Waals surface area contributed by atoms with Gasteiger partial charge in [-0.2, -0.15) is 0 Å². The molecule has 0 atom stereocenters. The van der Waals surface area contributed by atoms with Crippen molar-refractivity contribution in [1.82, 2.24) is 15.1 Å². The molecule has 3 aromatic rings. The Kier molecular flexibility index (Phi) is 5.17. The fourth-order valence-electron chi connectivity index (χ4n) is 2.94. The first kappa shape index (κ1) is 20.2.